The summed E-state index contributed by atoms with van der Waals surface area (Å²) in [6, 6.07) is 0. The van der Waals surface area contributed by atoms with Gasteiger partial charge in [-0.25, -0.2) is 4.98 Å². The van der Waals surface area contributed by atoms with Crippen LogP contribution in [0.4, 0.5) is 0 Å². The number of hydrogen-bond donors (Lipinski definition) is 1. The van der Waals surface area contributed by atoms with Gasteiger partial charge in [0, 0.05) is 24.5 Å². The topological polar surface area (TPSA) is 55.0 Å². The summed E-state index contributed by atoms with van der Waals surface area (Å²) >= 11 is 3.34. The van der Waals surface area contributed by atoms with Gasteiger partial charge in [-0.2, -0.15) is 0 Å². The SMILES string of the molecule is CC(C)(C)c1nc(C2CCOCC2)[nH]c(=O)c1Br. The number of halogens is 1. The highest BCUT2D eigenvalue weighted by Gasteiger charge is 2.25. The molecule has 2 rings (SSSR count). The second-order valence-corrected chi connectivity index (χ2v) is 6.54. The zero-order valence-corrected chi connectivity index (χ0v) is 12.6. The average molecular weight is 315 g/mol. The van der Waals surface area contributed by atoms with Crippen molar-refractivity contribution in [3.63, 3.8) is 0 Å². The van der Waals surface area contributed by atoms with Crippen LogP contribution in [0.1, 0.15) is 51.0 Å². The fourth-order valence-electron chi connectivity index (χ4n) is 2.14. The van der Waals surface area contributed by atoms with E-state index in [1.165, 1.54) is 0 Å². The second-order valence-electron chi connectivity index (χ2n) is 5.75. The van der Waals surface area contributed by atoms with Crippen LogP contribution in [0.5, 0.6) is 0 Å². The summed E-state index contributed by atoms with van der Waals surface area (Å²) in [6.07, 6.45) is 1.85. The number of hydrogen-bond acceptors (Lipinski definition) is 3. The van der Waals surface area contributed by atoms with Gasteiger partial charge in [0.1, 0.15) is 10.3 Å². The summed E-state index contributed by atoms with van der Waals surface area (Å²) in [7, 11) is 0. The molecule has 0 amide bonds. The largest absolute Gasteiger partial charge is 0.381 e. The van der Waals surface area contributed by atoms with Crippen LogP contribution in [0.2, 0.25) is 0 Å². The van der Waals surface area contributed by atoms with Crippen LogP contribution < -0.4 is 5.56 Å². The van der Waals surface area contributed by atoms with Crippen molar-refractivity contribution in [2.75, 3.05) is 13.2 Å². The quantitative estimate of drug-likeness (QED) is 0.867. The van der Waals surface area contributed by atoms with E-state index < -0.39 is 0 Å². The van der Waals surface area contributed by atoms with Crippen molar-refractivity contribution in [3.8, 4) is 0 Å². The minimum atomic E-state index is -0.146. The Balaban J connectivity index is 2.44. The van der Waals surface area contributed by atoms with Crippen LogP contribution in [-0.2, 0) is 10.2 Å². The number of rotatable bonds is 1. The maximum Gasteiger partial charge on any atom is 0.265 e. The van der Waals surface area contributed by atoms with Crippen LogP contribution in [0.3, 0.4) is 0 Å². The monoisotopic (exact) mass is 314 g/mol. The first kappa shape index (κ1) is 13.7. The van der Waals surface area contributed by atoms with Crippen LogP contribution in [0.15, 0.2) is 9.27 Å². The van der Waals surface area contributed by atoms with Crippen molar-refractivity contribution in [1.29, 1.82) is 0 Å². The van der Waals surface area contributed by atoms with Crippen molar-refractivity contribution in [2.24, 2.45) is 0 Å². The highest BCUT2D eigenvalue weighted by Crippen LogP contribution is 2.29. The highest BCUT2D eigenvalue weighted by atomic mass is 79.9. The summed E-state index contributed by atoms with van der Waals surface area (Å²) in [6.45, 7) is 7.68. The summed E-state index contributed by atoms with van der Waals surface area (Å²) < 4.78 is 5.89. The molecule has 18 heavy (non-hydrogen) atoms. The molecule has 1 fully saturated rings. The summed E-state index contributed by atoms with van der Waals surface area (Å²) in [4.78, 5) is 19.5. The standard InChI is InChI=1S/C13H19BrN2O2/c1-13(2,3)10-9(14)12(17)16-11(15-10)8-4-6-18-7-5-8/h8H,4-7H2,1-3H3,(H,15,16,17). The minimum absolute atomic E-state index is 0.0867. The van der Waals surface area contributed by atoms with Gasteiger partial charge in [0.2, 0.25) is 0 Å². The lowest BCUT2D eigenvalue weighted by molar-refractivity contribution is 0.0834. The number of aromatic amines is 1. The molecular weight excluding hydrogens is 296 g/mol. The van der Waals surface area contributed by atoms with Gasteiger partial charge >= 0.3 is 0 Å². The van der Waals surface area contributed by atoms with Crippen molar-refractivity contribution in [1.82, 2.24) is 9.97 Å². The Morgan fingerprint density at radius 2 is 1.94 bits per heavy atom. The molecule has 1 aromatic rings. The molecule has 4 nitrogen and oxygen atoms in total. The maximum atomic E-state index is 12.0. The molecule has 5 heteroatoms. The van der Waals surface area contributed by atoms with E-state index in [4.69, 9.17) is 4.74 Å². The summed E-state index contributed by atoms with van der Waals surface area (Å²) in [5.74, 6) is 1.11. The predicted molar refractivity (Wildman–Crippen MR) is 74.1 cm³/mol. The Kier molecular flexibility index (Phi) is 3.92. The Morgan fingerprint density at radius 1 is 1.33 bits per heavy atom. The molecule has 1 aliphatic rings. The Labute approximate surface area is 115 Å². The van der Waals surface area contributed by atoms with E-state index in [2.05, 4.69) is 46.7 Å². The molecule has 1 N–H and O–H groups in total. The second kappa shape index (κ2) is 5.13. The van der Waals surface area contributed by atoms with Gasteiger partial charge in [-0.15, -0.1) is 0 Å². The van der Waals surface area contributed by atoms with Gasteiger partial charge in [-0.1, -0.05) is 20.8 Å². The molecule has 0 aromatic carbocycles. The molecular formula is C13H19BrN2O2. The molecule has 0 unspecified atom stereocenters. The molecule has 0 spiro atoms. The van der Waals surface area contributed by atoms with E-state index in [1.54, 1.807) is 0 Å². The summed E-state index contributed by atoms with van der Waals surface area (Å²) in [5, 5.41) is 0. The van der Waals surface area contributed by atoms with Gasteiger partial charge in [0.25, 0.3) is 5.56 Å². The van der Waals surface area contributed by atoms with E-state index in [9.17, 15) is 4.79 Å². The van der Waals surface area contributed by atoms with Crippen molar-refractivity contribution >= 4 is 15.9 Å². The third-order valence-electron chi connectivity index (χ3n) is 3.20. The fraction of sp³-hybridized carbons (Fsp3) is 0.692. The number of nitrogens with zero attached hydrogens (tertiary/aromatic N) is 1. The van der Waals surface area contributed by atoms with Crippen LogP contribution in [-0.4, -0.2) is 23.2 Å². The van der Waals surface area contributed by atoms with Crippen LogP contribution >= 0.6 is 15.9 Å². The van der Waals surface area contributed by atoms with Gasteiger partial charge < -0.3 is 9.72 Å². The zero-order valence-electron chi connectivity index (χ0n) is 11.0. The highest BCUT2D eigenvalue weighted by molar-refractivity contribution is 9.10. The third-order valence-corrected chi connectivity index (χ3v) is 3.94. The van der Waals surface area contributed by atoms with Crippen molar-refractivity contribution in [3.05, 3.63) is 26.3 Å². The first-order chi connectivity index (χ1) is 8.39. The number of aromatic nitrogens is 2. The number of nitrogens with one attached hydrogen (secondary N) is 1. The van der Waals surface area contributed by atoms with E-state index in [0.29, 0.717) is 10.4 Å². The van der Waals surface area contributed by atoms with Crippen LogP contribution in [0, 0.1) is 0 Å². The molecule has 1 aliphatic heterocycles. The number of ether oxygens (including phenoxy) is 1. The molecule has 0 aliphatic carbocycles. The molecule has 2 heterocycles. The molecule has 1 aromatic heterocycles. The molecule has 0 bridgehead atoms. The average Bonchev–Trinajstić information content (AvgIpc) is 2.32. The molecule has 0 saturated carbocycles. The van der Waals surface area contributed by atoms with E-state index in [1.807, 2.05) is 0 Å². The molecule has 100 valence electrons. The minimum Gasteiger partial charge on any atom is -0.381 e. The fourth-order valence-corrected chi connectivity index (χ4v) is 2.92. The molecule has 1 saturated heterocycles. The normalized spacial score (nSPS) is 18.0. The maximum absolute atomic E-state index is 12.0. The third kappa shape index (κ3) is 2.83. The number of H-pyrrole nitrogens is 1. The van der Waals surface area contributed by atoms with Crippen molar-refractivity contribution < 1.29 is 4.74 Å². The predicted octanol–water partition coefficient (Wildman–Crippen LogP) is 2.72. The Hall–Kier alpha value is -0.680. The Bertz CT molecular complexity index is 485. The molecule has 0 radical (unpaired) electrons. The summed E-state index contributed by atoms with van der Waals surface area (Å²) in [5.41, 5.74) is 0.594. The van der Waals surface area contributed by atoms with Gasteiger partial charge in [0.15, 0.2) is 0 Å². The van der Waals surface area contributed by atoms with Gasteiger partial charge in [0.05, 0.1) is 5.69 Å². The molecule has 0 atom stereocenters. The van der Waals surface area contributed by atoms with Crippen LogP contribution in [0.25, 0.3) is 0 Å². The lowest BCUT2D eigenvalue weighted by Crippen LogP contribution is -2.26. The first-order valence-electron chi connectivity index (χ1n) is 6.27. The smallest absolute Gasteiger partial charge is 0.265 e. The van der Waals surface area contributed by atoms with E-state index >= 15 is 0 Å². The van der Waals surface area contributed by atoms with Gasteiger partial charge in [-0.05, 0) is 28.8 Å². The first-order valence-corrected chi connectivity index (χ1v) is 7.07. The van der Waals surface area contributed by atoms with E-state index in [0.717, 1.165) is 37.6 Å². The van der Waals surface area contributed by atoms with Gasteiger partial charge in [-0.3, -0.25) is 4.79 Å². The lowest BCUT2D eigenvalue weighted by Gasteiger charge is -2.24. The Morgan fingerprint density at radius 3 is 2.50 bits per heavy atom. The van der Waals surface area contributed by atoms with Crippen molar-refractivity contribution in [2.45, 2.75) is 44.9 Å². The lowest BCUT2D eigenvalue weighted by atomic mass is 9.91. The van der Waals surface area contributed by atoms with E-state index in [-0.39, 0.29) is 11.0 Å². The zero-order chi connectivity index (χ0) is 13.3.